The zero-order valence-electron chi connectivity index (χ0n) is 12.4. The van der Waals surface area contributed by atoms with Gasteiger partial charge in [0.1, 0.15) is 6.10 Å². The van der Waals surface area contributed by atoms with Crippen molar-refractivity contribution in [1.29, 1.82) is 0 Å². The van der Waals surface area contributed by atoms with Gasteiger partial charge in [0.05, 0.1) is 18.6 Å². The van der Waals surface area contributed by atoms with Crippen molar-refractivity contribution in [2.45, 2.75) is 44.9 Å². The number of aliphatic hydroxyl groups excluding tert-OH is 1. The van der Waals surface area contributed by atoms with E-state index in [1.807, 2.05) is 38.1 Å². The van der Waals surface area contributed by atoms with Crippen LogP contribution in [-0.4, -0.2) is 29.8 Å². The van der Waals surface area contributed by atoms with Crippen LogP contribution < -0.4 is 5.32 Å². The standard InChI is InChI=1S/C16H22ClNO3/c1-10(2)14(19)9-15(20)18-13-7-8-21-16(13)11-3-5-12(17)6-4-11/h3-6,10,13-14,16,19H,7-9H2,1-2H3,(H,18,20). The summed E-state index contributed by atoms with van der Waals surface area (Å²) in [5.41, 5.74) is 1.01. The second kappa shape index (κ2) is 7.25. The molecule has 3 unspecified atom stereocenters. The predicted molar refractivity (Wildman–Crippen MR) is 82.2 cm³/mol. The lowest BCUT2D eigenvalue weighted by atomic mass is 10.0. The van der Waals surface area contributed by atoms with E-state index in [2.05, 4.69) is 5.32 Å². The zero-order valence-corrected chi connectivity index (χ0v) is 13.1. The monoisotopic (exact) mass is 311 g/mol. The highest BCUT2D eigenvalue weighted by molar-refractivity contribution is 6.30. The smallest absolute Gasteiger partial charge is 0.222 e. The van der Waals surface area contributed by atoms with Gasteiger partial charge in [0.15, 0.2) is 0 Å². The van der Waals surface area contributed by atoms with Crippen LogP contribution in [0.15, 0.2) is 24.3 Å². The Morgan fingerprint density at radius 1 is 1.43 bits per heavy atom. The van der Waals surface area contributed by atoms with Gasteiger partial charge in [0.25, 0.3) is 0 Å². The van der Waals surface area contributed by atoms with E-state index in [1.165, 1.54) is 0 Å². The average Bonchev–Trinajstić information content (AvgIpc) is 2.87. The highest BCUT2D eigenvalue weighted by Crippen LogP contribution is 2.30. The van der Waals surface area contributed by atoms with Gasteiger partial charge < -0.3 is 15.2 Å². The van der Waals surface area contributed by atoms with Crippen molar-refractivity contribution in [3.8, 4) is 0 Å². The second-order valence-corrected chi connectivity index (χ2v) is 6.26. The normalized spacial score (nSPS) is 23.3. The Morgan fingerprint density at radius 3 is 2.71 bits per heavy atom. The Kier molecular flexibility index (Phi) is 5.62. The van der Waals surface area contributed by atoms with Crippen LogP contribution in [0.5, 0.6) is 0 Å². The summed E-state index contributed by atoms with van der Waals surface area (Å²) in [6.45, 7) is 4.41. The highest BCUT2D eigenvalue weighted by atomic mass is 35.5. The van der Waals surface area contributed by atoms with Crippen LogP contribution in [0.3, 0.4) is 0 Å². The molecular weight excluding hydrogens is 290 g/mol. The van der Waals surface area contributed by atoms with Gasteiger partial charge in [-0.05, 0) is 30.0 Å². The van der Waals surface area contributed by atoms with E-state index >= 15 is 0 Å². The number of aliphatic hydroxyl groups is 1. The molecular formula is C16H22ClNO3. The van der Waals surface area contributed by atoms with Crippen molar-refractivity contribution >= 4 is 17.5 Å². The molecule has 1 amide bonds. The molecule has 1 heterocycles. The maximum Gasteiger partial charge on any atom is 0.222 e. The quantitative estimate of drug-likeness (QED) is 0.879. The van der Waals surface area contributed by atoms with Gasteiger partial charge in [-0.2, -0.15) is 0 Å². The highest BCUT2D eigenvalue weighted by Gasteiger charge is 2.31. The van der Waals surface area contributed by atoms with Gasteiger partial charge in [-0.3, -0.25) is 4.79 Å². The largest absolute Gasteiger partial charge is 0.392 e. The minimum Gasteiger partial charge on any atom is -0.392 e. The van der Waals surface area contributed by atoms with Gasteiger partial charge >= 0.3 is 0 Å². The van der Waals surface area contributed by atoms with Crippen molar-refractivity contribution in [1.82, 2.24) is 5.32 Å². The molecule has 1 aliphatic heterocycles. The molecule has 4 nitrogen and oxygen atoms in total. The number of carbonyl (C=O) groups excluding carboxylic acids is 1. The number of hydrogen-bond acceptors (Lipinski definition) is 3. The molecule has 3 atom stereocenters. The van der Waals surface area contributed by atoms with Crippen molar-refractivity contribution in [3.63, 3.8) is 0 Å². The first-order valence-electron chi connectivity index (χ1n) is 7.32. The van der Waals surface area contributed by atoms with Crippen LogP contribution in [0.25, 0.3) is 0 Å². The summed E-state index contributed by atoms with van der Waals surface area (Å²) in [4.78, 5) is 12.0. The van der Waals surface area contributed by atoms with E-state index in [1.54, 1.807) is 0 Å². The van der Waals surface area contributed by atoms with Crippen LogP contribution in [-0.2, 0) is 9.53 Å². The number of rotatable bonds is 5. The minimum absolute atomic E-state index is 0.0574. The van der Waals surface area contributed by atoms with Crippen LogP contribution in [0.2, 0.25) is 5.02 Å². The molecule has 21 heavy (non-hydrogen) atoms. The van der Waals surface area contributed by atoms with E-state index in [9.17, 15) is 9.90 Å². The molecule has 1 aromatic carbocycles. The van der Waals surface area contributed by atoms with Crippen molar-refractivity contribution < 1.29 is 14.6 Å². The van der Waals surface area contributed by atoms with Crippen molar-refractivity contribution in [2.24, 2.45) is 5.92 Å². The Balaban J connectivity index is 1.96. The molecule has 0 spiro atoms. The first-order chi connectivity index (χ1) is 9.97. The lowest BCUT2D eigenvalue weighted by Gasteiger charge is -2.21. The van der Waals surface area contributed by atoms with Crippen LogP contribution in [0.4, 0.5) is 0 Å². The topological polar surface area (TPSA) is 58.6 Å². The van der Waals surface area contributed by atoms with Crippen LogP contribution in [0, 0.1) is 5.92 Å². The number of ether oxygens (including phenoxy) is 1. The number of nitrogens with one attached hydrogen (secondary N) is 1. The Bertz CT molecular complexity index is 475. The Morgan fingerprint density at radius 2 is 2.10 bits per heavy atom. The minimum atomic E-state index is -0.610. The van der Waals surface area contributed by atoms with E-state index in [-0.39, 0.29) is 30.4 Å². The third kappa shape index (κ3) is 4.43. The Labute approximate surface area is 130 Å². The van der Waals surface area contributed by atoms with Gasteiger partial charge in [0.2, 0.25) is 5.91 Å². The van der Waals surface area contributed by atoms with Gasteiger partial charge in [-0.25, -0.2) is 0 Å². The maximum atomic E-state index is 12.0. The lowest BCUT2D eigenvalue weighted by molar-refractivity contribution is -0.124. The summed E-state index contributed by atoms with van der Waals surface area (Å²) in [5, 5.41) is 13.4. The molecule has 1 saturated heterocycles. The predicted octanol–water partition coefficient (Wildman–Crippen LogP) is 2.69. The third-order valence-corrected chi connectivity index (χ3v) is 4.05. The van der Waals surface area contributed by atoms with Gasteiger partial charge in [-0.1, -0.05) is 37.6 Å². The van der Waals surface area contributed by atoms with Crippen molar-refractivity contribution in [3.05, 3.63) is 34.9 Å². The van der Waals surface area contributed by atoms with Gasteiger partial charge in [0, 0.05) is 11.6 Å². The summed E-state index contributed by atoms with van der Waals surface area (Å²) < 4.78 is 5.72. The molecule has 0 saturated carbocycles. The first kappa shape index (κ1) is 16.3. The average molecular weight is 312 g/mol. The number of hydrogen-bond donors (Lipinski definition) is 2. The molecule has 0 radical (unpaired) electrons. The fourth-order valence-corrected chi connectivity index (χ4v) is 2.54. The summed E-state index contributed by atoms with van der Waals surface area (Å²) >= 11 is 5.89. The zero-order chi connectivity index (χ0) is 15.4. The summed E-state index contributed by atoms with van der Waals surface area (Å²) in [5.74, 6) is -0.0618. The van der Waals surface area contributed by atoms with Crippen molar-refractivity contribution in [2.75, 3.05) is 6.61 Å². The molecule has 0 aromatic heterocycles. The summed E-state index contributed by atoms with van der Waals surface area (Å²) in [7, 11) is 0. The van der Waals surface area contributed by atoms with E-state index in [4.69, 9.17) is 16.3 Å². The molecule has 5 heteroatoms. The number of amides is 1. The molecule has 0 bridgehead atoms. The molecule has 2 rings (SSSR count). The van der Waals surface area contributed by atoms with E-state index < -0.39 is 6.10 Å². The second-order valence-electron chi connectivity index (χ2n) is 5.82. The molecule has 1 aliphatic rings. The molecule has 2 N–H and O–H groups in total. The molecule has 1 aromatic rings. The fraction of sp³-hybridized carbons (Fsp3) is 0.562. The number of benzene rings is 1. The molecule has 116 valence electrons. The first-order valence-corrected chi connectivity index (χ1v) is 7.69. The van der Waals surface area contributed by atoms with Gasteiger partial charge in [-0.15, -0.1) is 0 Å². The molecule has 0 aliphatic carbocycles. The summed E-state index contributed by atoms with van der Waals surface area (Å²) in [6, 6.07) is 7.42. The Hall–Kier alpha value is -1.10. The molecule has 1 fully saturated rings. The lowest BCUT2D eigenvalue weighted by Crippen LogP contribution is -2.39. The third-order valence-electron chi connectivity index (χ3n) is 3.80. The van der Waals surface area contributed by atoms with E-state index in [0.29, 0.717) is 11.6 Å². The maximum absolute atomic E-state index is 12.0. The summed E-state index contributed by atoms with van der Waals surface area (Å²) in [6.07, 6.45) is 0.141. The number of carbonyl (C=O) groups is 1. The fourth-order valence-electron chi connectivity index (χ4n) is 2.41. The van der Waals surface area contributed by atoms with Crippen LogP contribution >= 0.6 is 11.6 Å². The number of halogens is 1. The van der Waals surface area contributed by atoms with Crippen LogP contribution in [0.1, 0.15) is 38.4 Å². The SMILES string of the molecule is CC(C)C(O)CC(=O)NC1CCOC1c1ccc(Cl)cc1. The van der Waals surface area contributed by atoms with E-state index in [0.717, 1.165) is 12.0 Å².